The Kier molecular flexibility index (Phi) is 6.97. The molecule has 0 saturated carbocycles. The molecule has 0 radical (unpaired) electrons. The summed E-state index contributed by atoms with van der Waals surface area (Å²) in [5.41, 5.74) is 8.59. The lowest BCUT2D eigenvalue weighted by atomic mass is 10.0. The van der Waals surface area contributed by atoms with Crippen LogP contribution in [0.2, 0.25) is 0 Å². The molecule has 2 aromatic carbocycles. The first-order chi connectivity index (χ1) is 11.3. The Morgan fingerprint density at radius 1 is 1.21 bits per heavy atom. The highest BCUT2D eigenvalue weighted by Gasteiger charge is 2.26. The summed E-state index contributed by atoms with van der Waals surface area (Å²) in [6.45, 7) is 0.970. The van der Waals surface area contributed by atoms with Crippen molar-refractivity contribution in [1.82, 2.24) is 0 Å². The van der Waals surface area contributed by atoms with Crippen molar-refractivity contribution in [1.29, 1.82) is 0 Å². The molecular formula is C18H21ClN2O2S. The lowest BCUT2D eigenvalue weighted by Crippen LogP contribution is -2.23. The topological polar surface area (TPSA) is 64.3 Å². The van der Waals surface area contributed by atoms with Crippen molar-refractivity contribution in [3.05, 3.63) is 59.7 Å². The smallest absolute Gasteiger partial charge is 0.242 e. The number of thioether (sulfide) groups is 1. The Bertz CT molecular complexity index is 679. The molecular weight excluding hydrogens is 344 g/mol. The Hall–Kier alpha value is -1.69. The number of benzene rings is 2. The van der Waals surface area contributed by atoms with E-state index in [1.807, 2.05) is 36.4 Å². The fourth-order valence-electron chi connectivity index (χ4n) is 2.63. The highest BCUT2D eigenvalue weighted by molar-refractivity contribution is 8.00. The molecule has 2 aromatic rings. The van der Waals surface area contributed by atoms with Crippen molar-refractivity contribution in [2.24, 2.45) is 5.73 Å². The number of anilines is 1. The molecule has 1 amide bonds. The van der Waals surface area contributed by atoms with E-state index in [-0.39, 0.29) is 23.6 Å². The first-order valence-corrected chi connectivity index (χ1v) is 8.76. The van der Waals surface area contributed by atoms with Crippen LogP contribution >= 0.6 is 24.2 Å². The summed E-state index contributed by atoms with van der Waals surface area (Å²) in [7, 11) is 0. The average molecular weight is 365 g/mol. The van der Waals surface area contributed by atoms with Crippen LogP contribution in [0, 0.1) is 0 Å². The van der Waals surface area contributed by atoms with Crippen LogP contribution in [-0.2, 0) is 11.2 Å². The SMILES string of the molecule is Cl.NCCOc1ccc(NC(=O)C2SCCc3ccccc32)cc1. The molecule has 6 heteroatoms. The van der Waals surface area contributed by atoms with E-state index in [4.69, 9.17) is 10.5 Å². The minimum absolute atomic E-state index is 0. The molecule has 1 aliphatic rings. The summed E-state index contributed by atoms with van der Waals surface area (Å²) >= 11 is 1.70. The standard InChI is InChI=1S/C18H20N2O2S.ClH/c19-10-11-22-15-7-5-14(6-8-15)20-18(21)17-16-4-2-1-3-13(16)9-12-23-17;/h1-8,17H,9-12,19H2,(H,20,21);1H. The van der Waals surface area contributed by atoms with Crippen LogP contribution in [0.5, 0.6) is 5.75 Å². The van der Waals surface area contributed by atoms with Crippen LogP contribution < -0.4 is 15.8 Å². The molecule has 0 fully saturated rings. The molecule has 1 heterocycles. The third-order valence-electron chi connectivity index (χ3n) is 3.74. The lowest BCUT2D eigenvalue weighted by Gasteiger charge is -2.24. The second-order valence-electron chi connectivity index (χ2n) is 5.35. The second-order valence-corrected chi connectivity index (χ2v) is 6.56. The van der Waals surface area contributed by atoms with Gasteiger partial charge in [0.1, 0.15) is 17.6 Å². The molecule has 24 heavy (non-hydrogen) atoms. The summed E-state index contributed by atoms with van der Waals surface area (Å²) < 4.78 is 5.44. The number of fused-ring (bicyclic) bond motifs is 1. The van der Waals surface area contributed by atoms with E-state index in [1.165, 1.54) is 5.56 Å². The zero-order chi connectivity index (χ0) is 16.1. The molecule has 0 spiro atoms. The summed E-state index contributed by atoms with van der Waals surface area (Å²) in [6.07, 6.45) is 1.03. The van der Waals surface area contributed by atoms with Crippen LogP contribution in [0.15, 0.2) is 48.5 Å². The van der Waals surface area contributed by atoms with Crippen LogP contribution in [0.3, 0.4) is 0 Å². The Morgan fingerprint density at radius 3 is 2.71 bits per heavy atom. The lowest BCUT2D eigenvalue weighted by molar-refractivity contribution is -0.115. The van der Waals surface area contributed by atoms with E-state index in [0.717, 1.165) is 29.2 Å². The molecule has 4 nitrogen and oxygen atoms in total. The molecule has 128 valence electrons. The fourth-order valence-corrected chi connectivity index (χ4v) is 3.82. The van der Waals surface area contributed by atoms with Gasteiger partial charge in [-0.3, -0.25) is 4.79 Å². The Morgan fingerprint density at radius 2 is 1.96 bits per heavy atom. The van der Waals surface area contributed by atoms with Crippen molar-refractivity contribution < 1.29 is 9.53 Å². The van der Waals surface area contributed by atoms with Crippen molar-refractivity contribution in [2.75, 3.05) is 24.2 Å². The molecule has 3 rings (SSSR count). The van der Waals surface area contributed by atoms with E-state index >= 15 is 0 Å². The van der Waals surface area contributed by atoms with Crippen molar-refractivity contribution in [2.45, 2.75) is 11.7 Å². The van der Waals surface area contributed by atoms with Crippen LogP contribution in [0.1, 0.15) is 16.4 Å². The van der Waals surface area contributed by atoms with Gasteiger partial charge in [-0.15, -0.1) is 24.2 Å². The number of halogens is 1. The number of ether oxygens (including phenoxy) is 1. The average Bonchev–Trinajstić information content (AvgIpc) is 2.60. The fraction of sp³-hybridized carbons (Fsp3) is 0.278. The van der Waals surface area contributed by atoms with E-state index in [2.05, 4.69) is 17.4 Å². The van der Waals surface area contributed by atoms with E-state index in [1.54, 1.807) is 11.8 Å². The molecule has 1 unspecified atom stereocenters. The van der Waals surface area contributed by atoms with Gasteiger partial charge in [0.05, 0.1) is 0 Å². The second kappa shape index (κ2) is 8.97. The first-order valence-electron chi connectivity index (χ1n) is 7.71. The minimum atomic E-state index is -0.145. The number of aryl methyl sites for hydroxylation is 1. The molecule has 0 bridgehead atoms. The molecule has 1 atom stereocenters. The van der Waals surface area contributed by atoms with Crippen molar-refractivity contribution >= 4 is 35.8 Å². The predicted molar refractivity (Wildman–Crippen MR) is 102 cm³/mol. The largest absolute Gasteiger partial charge is 0.492 e. The maximum atomic E-state index is 12.6. The van der Waals surface area contributed by atoms with Gasteiger partial charge >= 0.3 is 0 Å². The number of nitrogens with one attached hydrogen (secondary N) is 1. The number of hydrogen-bond donors (Lipinski definition) is 2. The summed E-state index contributed by atoms with van der Waals surface area (Å²) in [6, 6.07) is 15.6. The maximum absolute atomic E-state index is 12.6. The van der Waals surface area contributed by atoms with Crippen molar-refractivity contribution in [3.8, 4) is 5.75 Å². The summed E-state index contributed by atoms with van der Waals surface area (Å²) in [4.78, 5) is 12.6. The van der Waals surface area contributed by atoms with Gasteiger partial charge in [0, 0.05) is 12.2 Å². The zero-order valence-electron chi connectivity index (χ0n) is 13.2. The van der Waals surface area contributed by atoms with E-state index in [0.29, 0.717) is 13.2 Å². The molecule has 3 N–H and O–H groups in total. The summed E-state index contributed by atoms with van der Waals surface area (Å²) in [5.74, 6) is 1.75. The van der Waals surface area contributed by atoms with E-state index in [9.17, 15) is 4.79 Å². The van der Waals surface area contributed by atoms with Gasteiger partial charge in [0.15, 0.2) is 0 Å². The molecule has 0 saturated heterocycles. The van der Waals surface area contributed by atoms with Crippen molar-refractivity contribution in [3.63, 3.8) is 0 Å². The normalized spacial score (nSPS) is 15.8. The number of carbonyl (C=O) groups is 1. The van der Waals surface area contributed by atoms with Gasteiger partial charge < -0.3 is 15.8 Å². The third-order valence-corrected chi connectivity index (χ3v) is 4.98. The maximum Gasteiger partial charge on any atom is 0.242 e. The van der Waals surface area contributed by atoms with Gasteiger partial charge in [-0.1, -0.05) is 24.3 Å². The van der Waals surface area contributed by atoms with Crippen LogP contribution in [0.4, 0.5) is 5.69 Å². The Balaban J connectivity index is 0.00000208. The Labute approximate surface area is 152 Å². The first kappa shape index (κ1) is 18.6. The highest BCUT2D eigenvalue weighted by Crippen LogP contribution is 2.37. The van der Waals surface area contributed by atoms with Gasteiger partial charge in [-0.05, 0) is 47.6 Å². The van der Waals surface area contributed by atoms with Crippen LogP contribution in [-0.4, -0.2) is 24.8 Å². The monoisotopic (exact) mass is 364 g/mol. The van der Waals surface area contributed by atoms with Crippen LogP contribution in [0.25, 0.3) is 0 Å². The highest BCUT2D eigenvalue weighted by atomic mass is 35.5. The van der Waals surface area contributed by atoms with Gasteiger partial charge in [-0.2, -0.15) is 0 Å². The minimum Gasteiger partial charge on any atom is -0.492 e. The number of amides is 1. The molecule has 0 aromatic heterocycles. The zero-order valence-corrected chi connectivity index (χ0v) is 14.9. The van der Waals surface area contributed by atoms with Gasteiger partial charge in [-0.25, -0.2) is 0 Å². The molecule has 1 aliphatic heterocycles. The number of hydrogen-bond acceptors (Lipinski definition) is 4. The number of rotatable bonds is 5. The predicted octanol–water partition coefficient (Wildman–Crippen LogP) is 3.42. The quantitative estimate of drug-likeness (QED) is 0.853. The van der Waals surface area contributed by atoms with Gasteiger partial charge in [0.25, 0.3) is 0 Å². The third kappa shape index (κ3) is 4.44. The number of nitrogens with two attached hydrogens (primary N) is 1. The molecule has 0 aliphatic carbocycles. The number of carbonyl (C=O) groups excluding carboxylic acids is 1. The van der Waals surface area contributed by atoms with Gasteiger partial charge in [0.2, 0.25) is 5.91 Å². The van der Waals surface area contributed by atoms with E-state index < -0.39 is 0 Å². The summed E-state index contributed by atoms with van der Waals surface area (Å²) in [5, 5.41) is 2.85.